The first-order chi connectivity index (χ1) is 9.83. The highest BCUT2D eigenvalue weighted by molar-refractivity contribution is 5.52. The van der Waals surface area contributed by atoms with E-state index in [0.717, 1.165) is 38.0 Å². The summed E-state index contributed by atoms with van der Waals surface area (Å²) in [6, 6.07) is 2.70. The average Bonchev–Trinajstić information content (AvgIpc) is 2.94. The molecule has 1 atom stereocenters. The van der Waals surface area contributed by atoms with E-state index in [9.17, 15) is 5.11 Å². The highest BCUT2D eigenvalue weighted by Gasteiger charge is 2.26. The first-order valence-electron chi connectivity index (χ1n) is 7.92. The normalized spacial score (nSPS) is 22.1. The Morgan fingerprint density at radius 1 is 1.30 bits per heavy atom. The maximum absolute atomic E-state index is 9.29. The summed E-state index contributed by atoms with van der Waals surface area (Å²) in [5.74, 6) is 1.09. The molecule has 20 heavy (non-hydrogen) atoms. The lowest BCUT2D eigenvalue weighted by Crippen LogP contribution is -2.41. The third-order valence-corrected chi connectivity index (χ3v) is 4.69. The molecule has 0 bridgehead atoms. The molecule has 2 aliphatic rings. The Balaban J connectivity index is 1.94. The summed E-state index contributed by atoms with van der Waals surface area (Å²) in [4.78, 5) is 7.35. The fourth-order valence-corrected chi connectivity index (χ4v) is 3.64. The van der Waals surface area contributed by atoms with Gasteiger partial charge in [0.15, 0.2) is 0 Å². The number of aliphatic hydroxyl groups excluding tert-OH is 1. The van der Waals surface area contributed by atoms with Gasteiger partial charge in [0, 0.05) is 37.0 Å². The third kappa shape index (κ3) is 2.54. The van der Waals surface area contributed by atoms with Gasteiger partial charge in [0.05, 0.1) is 0 Å². The van der Waals surface area contributed by atoms with Gasteiger partial charge in [0.1, 0.15) is 5.82 Å². The smallest absolute Gasteiger partial charge is 0.133 e. The summed E-state index contributed by atoms with van der Waals surface area (Å²) in [7, 11) is 0. The fourth-order valence-electron chi connectivity index (χ4n) is 3.64. The van der Waals surface area contributed by atoms with E-state index >= 15 is 0 Å². The molecule has 2 heterocycles. The number of aromatic nitrogens is 1. The number of pyridine rings is 1. The van der Waals surface area contributed by atoms with Gasteiger partial charge >= 0.3 is 0 Å². The largest absolute Gasteiger partial charge is 0.396 e. The third-order valence-electron chi connectivity index (χ3n) is 4.69. The van der Waals surface area contributed by atoms with Crippen molar-refractivity contribution in [1.82, 2.24) is 4.98 Å². The predicted molar refractivity (Wildman–Crippen MR) is 80.8 cm³/mol. The van der Waals surface area contributed by atoms with Crippen LogP contribution in [0, 0.1) is 0 Å². The zero-order valence-corrected chi connectivity index (χ0v) is 12.1. The number of nitrogens with two attached hydrogens (primary N) is 1. The Kier molecular flexibility index (Phi) is 4.22. The molecule has 1 fully saturated rings. The number of rotatable bonds is 4. The van der Waals surface area contributed by atoms with Gasteiger partial charge in [-0.15, -0.1) is 0 Å². The second-order valence-electron chi connectivity index (χ2n) is 5.99. The second kappa shape index (κ2) is 6.10. The van der Waals surface area contributed by atoms with Crippen LogP contribution in [0.4, 0.5) is 5.82 Å². The van der Waals surface area contributed by atoms with E-state index < -0.39 is 0 Å². The first kappa shape index (κ1) is 13.8. The van der Waals surface area contributed by atoms with Crippen molar-refractivity contribution in [1.29, 1.82) is 0 Å². The molecule has 4 nitrogen and oxygen atoms in total. The Hall–Kier alpha value is -1.13. The van der Waals surface area contributed by atoms with Crippen LogP contribution in [0.3, 0.4) is 0 Å². The van der Waals surface area contributed by atoms with Gasteiger partial charge in [-0.05, 0) is 56.6 Å². The maximum Gasteiger partial charge on any atom is 0.133 e. The van der Waals surface area contributed by atoms with Crippen LogP contribution < -0.4 is 10.6 Å². The predicted octanol–water partition coefficient (Wildman–Crippen LogP) is 1.77. The minimum absolute atomic E-state index is 0.254. The van der Waals surface area contributed by atoms with Crippen LogP contribution in [0.25, 0.3) is 0 Å². The van der Waals surface area contributed by atoms with Crippen molar-refractivity contribution in [3.63, 3.8) is 0 Å². The summed E-state index contributed by atoms with van der Waals surface area (Å²) in [6.07, 6.45) is 7.93. The summed E-state index contributed by atoms with van der Waals surface area (Å²) >= 11 is 0. The Labute approximate surface area is 121 Å². The number of hydrogen-bond acceptors (Lipinski definition) is 4. The number of aryl methyl sites for hydroxylation is 2. The van der Waals surface area contributed by atoms with Crippen LogP contribution in [0.5, 0.6) is 0 Å². The molecule has 3 N–H and O–H groups in total. The molecule has 1 aromatic heterocycles. The van der Waals surface area contributed by atoms with Gasteiger partial charge in [-0.1, -0.05) is 0 Å². The summed E-state index contributed by atoms with van der Waals surface area (Å²) < 4.78 is 0. The monoisotopic (exact) mass is 275 g/mol. The van der Waals surface area contributed by atoms with Crippen molar-refractivity contribution in [2.45, 2.75) is 57.5 Å². The maximum atomic E-state index is 9.29. The lowest BCUT2D eigenvalue weighted by atomic mass is 9.98. The van der Waals surface area contributed by atoms with Crippen LogP contribution in [0.2, 0.25) is 0 Å². The number of hydrogen-bond donors (Lipinski definition) is 2. The molecule has 0 spiro atoms. The van der Waals surface area contributed by atoms with Crippen molar-refractivity contribution in [3.8, 4) is 0 Å². The lowest BCUT2D eigenvalue weighted by Gasteiger charge is -2.37. The van der Waals surface area contributed by atoms with E-state index in [1.165, 1.54) is 36.1 Å². The van der Waals surface area contributed by atoms with Crippen molar-refractivity contribution in [3.05, 3.63) is 22.9 Å². The quantitative estimate of drug-likeness (QED) is 0.879. The number of anilines is 1. The van der Waals surface area contributed by atoms with Crippen LogP contribution in [-0.2, 0) is 19.4 Å². The Morgan fingerprint density at radius 2 is 2.20 bits per heavy atom. The Morgan fingerprint density at radius 3 is 3.00 bits per heavy atom. The van der Waals surface area contributed by atoms with E-state index in [2.05, 4.69) is 11.0 Å². The van der Waals surface area contributed by atoms with Gasteiger partial charge in [-0.3, -0.25) is 0 Å². The highest BCUT2D eigenvalue weighted by atomic mass is 16.3. The molecule has 1 aliphatic carbocycles. The first-order valence-corrected chi connectivity index (χ1v) is 7.92. The van der Waals surface area contributed by atoms with Crippen LogP contribution in [-0.4, -0.2) is 29.3 Å². The number of fused-ring (bicyclic) bond motifs is 1. The molecule has 0 amide bonds. The number of piperidine rings is 1. The minimum atomic E-state index is 0.254. The highest BCUT2D eigenvalue weighted by Crippen LogP contribution is 2.31. The van der Waals surface area contributed by atoms with E-state index in [4.69, 9.17) is 10.7 Å². The van der Waals surface area contributed by atoms with E-state index in [1.54, 1.807) is 0 Å². The molecule has 0 radical (unpaired) electrons. The average molecular weight is 275 g/mol. The summed E-state index contributed by atoms with van der Waals surface area (Å²) in [5.41, 5.74) is 9.79. The van der Waals surface area contributed by atoms with E-state index in [1.807, 2.05) is 0 Å². The minimum Gasteiger partial charge on any atom is -0.396 e. The molecule has 4 heteroatoms. The van der Waals surface area contributed by atoms with Crippen LogP contribution in [0.15, 0.2) is 6.07 Å². The van der Waals surface area contributed by atoms with Crippen molar-refractivity contribution >= 4 is 5.82 Å². The zero-order chi connectivity index (χ0) is 13.9. The molecule has 0 saturated carbocycles. The number of aliphatic hydroxyl groups is 1. The fraction of sp³-hybridized carbons (Fsp3) is 0.688. The molecule has 1 unspecified atom stereocenters. The van der Waals surface area contributed by atoms with Gasteiger partial charge in [-0.2, -0.15) is 0 Å². The molecular formula is C16H25N3O. The summed E-state index contributed by atoms with van der Waals surface area (Å²) in [6.45, 7) is 1.85. The van der Waals surface area contributed by atoms with Crippen molar-refractivity contribution in [2.75, 3.05) is 18.1 Å². The topological polar surface area (TPSA) is 62.4 Å². The zero-order valence-electron chi connectivity index (χ0n) is 12.1. The van der Waals surface area contributed by atoms with Gasteiger partial charge < -0.3 is 15.7 Å². The molecule has 1 aromatic rings. The van der Waals surface area contributed by atoms with Crippen molar-refractivity contribution in [2.24, 2.45) is 5.73 Å². The SMILES string of the molecule is NCc1cc2c(nc1N1CCCCC1CCO)CCC2. The summed E-state index contributed by atoms with van der Waals surface area (Å²) in [5, 5.41) is 9.29. The van der Waals surface area contributed by atoms with Crippen LogP contribution >= 0.6 is 0 Å². The van der Waals surface area contributed by atoms with Gasteiger partial charge in [-0.25, -0.2) is 4.98 Å². The molecule has 0 aromatic carbocycles. The van der Waals surface area contributed by atoms with Crippen LogP contribution in [0.1, 0.15) is 48.9 Å². The van der Waals surface area contributed by atoms with E-state index in [-0.39, 0.29) is 6.61 Å². The van der Waals surface area contributed by atoms with Gasteiger partial charge in [0.2, 0.25) is 0 Å². The Bertz CT molecular complexity index is 473. The van der Waals surface area contributed by atoms with Gasteiger partial charge in [0.25, 0.3) is 0 Å². The molecule has 3 rings (SSSR count). The molecule has 1 aliphatic heterocycles. The molecule has 110 valence electrons. The molecular weight excluding hydrogens is 250 g/mol. The van der Waals surface area contributed by atoms with E-state index in [0.29, 0.717) is 12.6 Å². The lowest BCUT2D eigenvalue weighted by molar-refractivity contribution is 0.262. The standard InChI is InChI=1S/C16H25N3O/c17-11-13-10-12-4-3-6-15(12)18-16(13)19-8-2-1-5-14(19)7-9-20/h10,14,20H,1-9,11,17H2. The second-order valence-corrected chi connectivity index (χ2v) is 5.99. The molecule has 1 saturated heterocycles. The number of nitrogens with zero attached hydrogens (tertiary/aromatic N) is 2. The van der Waals surface area contributed by atoms with Crippen molar-refractivity contribution < 1.29 is 5.11 Å².